The van der Waals surface area contributed by atoms with Gasteiger partial charge in [-0.2, -0.15) is 5.10 Å². The lowest BCUT2D eigenvalue weighted by Crippen LogP contribution is -2.24. The van der Waals surface area contributed by atoms with E-state index in [2.05, 4.69) is 31.9 Å². The van der Waals surface area contributed by atoms with Crippen LogP contribution >= 0.6 is 0 Å². The average Bonchev–Trinajstić information content (AvgIpc) is 1.86. The van der Waals surface area contributed by atoms with E-state index in [1.165, 1.54) is 5.71 Å². The molecule has 2 heteroatoms. The van der Waals surface area contributed by atoms with Gasteiger partial charge in [0.05, 0.1) is 0 Å². The molecule has 0 fully saturated rings. The van der Waals surface area contributed by atoms with Gasteiger partial charge in [-0.1, -0.05) is 26.8 Å². The van der Waals surface area contributed by atoms with Gasteiger partial charge < -0.3 is 0 Å². The number of allylic oxidation sites excluding steroid dienone is 1. The Kier molecular flexibility index (Phi) is 2.03. The number of hydrogen-bond acceptors (Lipinski definition) is 2. The molecule has 0 N–H and O–H groups in total. The lowest BCUT2D eigenvalue weighted by Gasteiger charge is -2.25. The third-order valence-electron chi connectivity index (χ3n) is 1.78. The largest absolute Gasteiger partial charge is 0.276 e. The Morgan fingerprint density at radius 1 is 1.45 bits per heavy atom. The maximum atomic E-state index is 4.42. The van der Waals surface area contributed by atoms with Gasteiger partial charge in [-0.05, 0) is 0 Å². The fourth-order valence-corrected chi connectivity index (χ4v) is 1.04. The molecule has 0 aliphatic carbocycles. The topological polar surface area (TPSA) is 15.6 Å². The molecular formula is C9H16N2. The minimum absolute atomic E-state index is 0.207. The summed E-state index contributed by atoms with van der Waals surface area (Å²) in [5.41, 5.74) is 1.46. The van der Waals surface area contributed by atoms with Crippen LogP contribution in [0.3, 0.4) is 0 Å². The normalized spacial score (nSPS) is 18.5. The Hall–Kier alpha value is -0.790. The molecule has 0 unspecified atom stereocenters. The molecule has 62 valence electrons. The lowest BCUT2D eigenvalue weighted by atomic mass is 9.88. The van der Waals surface area contributed by atoms with Crippen LogP contribution in [-0.2, 0) is 0 Å². The van der Waals surface area contributed by atoms with Gasteiger partial charge in [0.15, 0.2) is 0 Å². The van der Waals surface area contributed by atoms with Crippen LogP contribution in [0, 0.1) is 5.41 Å². The average molecular weight is 152 g/mol. The van der Waals surface area contributed by atoms with E-state index in [1.807, 2.05) is 18.3 Å². The summed E-state index contributed by atoms with van der Waals surface area (Å²) in [7, 11) is 1.96. The number of rotatable bonds is 0. The van der Waals surface area contributed by atoms with Crippen LogP contribution in [0.1, 0.15) is 27.2 Å². The van der Waals surface area contributed by atoms with Crippen molar-refractivity contribution in [1.82, 2.24) is 5.01 Å². The molecule has 1 aliphatic rings. The van der Waals surface area contributed by atoms with E-state index in [4.69, 9.17) is 0 Å². The van der Waals surface area contributed by atoms with E-state index in [9.17, 15) is 0 Å². The van der Waals surface area contributed by atoms with E-state index in [1.54, 1.807) is 0 Å². The predicted octanol–water partition coefficient (Wildman–Crippen LogP) is 2.24. The van der Waals surface area contributed by atoms with E-state index < -0.39 is 0 Å². The van der Waals surface area contributed by atoms with Crippen molar-refractivity contribution in [3.05, 3.63) is 12.3 Å². The molecule has 0 saturated heterocycles. The predicted molar refractivity (Wildman–Crippen MR) is 48.4 cm³/mol. The molecule has 11 heavy (non-hydrogen) atoms. The van der Waals surface area contributed by atoms with Gasteiger partial charge >= 0.3 is 0 Å². The highest BCUT2D eigenvalue weighted by molar-refractivity contribution is 5.90. The van der Waals surface area contributed by atoms with Gasteiger partial charge in [0.1, 0.15) is 0 Å². The summed E-state index contributed by atoms with van der Waals surface area (Å²) >= 11 is 0. The minimum Gasteiger partial charge on any atom is -0.276 e. The summed E-state index contributed by atoms with van der Waals surface area (Å²) in [5.74, 6) is 0. The number of hydrogen-bond donors (Lipinski definition) is 0. The Morgan fingerprint density at radius 2 is 2.09 bits per heavy atom. The summed E-state index contributed by atoms with van der Waals surface area (Å²) < 4.78 is 0. The molecule has 1 heterocycles. The molecule has 0 saturated carbocycles. The van der Waals surface area contributed by atoms with Crippen LogP contribution in [0.5, 0.6) is 0 Å². The second-order valence-corrected chi connectivity index (χ2v) is 3.96. The zero-order chi connectivity index (χ0) is 8.48. The summed E-state index contributed by atoms with van der Waals surface area (Å²) in [5, 5.41) is 6.28. The molecule has 1 rings (SSSR count). The first-order valence-electron chi connectivity index (χ1n) is 3.97. The van der Waals surface area contributed by atoms with Crippen LogP contribution in [0.15, 0.2) is 17.4 Å². The molecule has 0 radical (unpaired) electrons. The monoisotopic (exact) mass is 152 g/mol. The Labute approximate surface area is 68.6 Å². The van der Waals surface area contributed by atoms with Crippen molar-refractivity contribution < 1.29 is 0 Å². The van der Waals surface area contributed by atoms with Gasteiger partial charge in [0.25, 0.3) is 0 Å². The zero-order valence-electron chi connectivity index (χ0n) is 7.76. The standard InChI is InChI=1S/C9H16N2/c1-9(2,3)8-6-5-7-11(4)10-8/h5,7H,6H2,1-4H3. The van der Waals surface area contributed by atoms with Gasteiger partial charge in [-0.25, -0.2) is 0 Å². The molecule has 1 aliphatic heterocycles. The maximum Gasteiger partial charge on any atom is 0.0476 e. The van der Waals surface area contributed by atoms with Gasteiger partial charge in [-0.3, -0.25) is 5.01 Å². The van der Waals surface area contributed by atoms with Crippen LogP contribution < -0.4 is 0 Å². The third kappa shape index (κ3) is 2.07. The highest BCUT2D eigenvalue weighted by atomic mass is 15.4. The molecule has 0 aromatic carbocycles. The van der Waals surface area contributed by atoms with E-state index in [0.717, 1.165) is 6.42 Å². The molecule has 0 spiro atoms. The van der Waals surface area contributed by atoms with Crippen LogP contribution in [-0.4, -0.2) is 17.8 Å². The summed E-state index contributed by atoms with van der Waals surface area (Å²) in [6.07, 6.45) is 5.14. The smallest absolute Gasteiger partial charge is 0.0476 e. The molecule has 0 aromatic rings. The van der Waals surface area contributed by atoms with Gasteiger partial charge in [0, 0.05) is 30.8 Å². The van der Waals surface area contributed by atoms with Gasteiger partial charge in [0.2, 0.25) is 0 Å². The van der Waals surface area contributed by atoms with E-state index in [-0.39, 0.29) is 5.41 Å². The first-order chi connectivity index (χ1) is 5.00. The minimum atomic E-state index is 0.207. The molecule has 0 amide bonds. The third-order valence-corrected chi connectivity index (χ3v) is 1.78. The molecule has 2 nitrogen and oxygen atoms in total. The number of nitrogens with zero attached hydrogens (tertiary/aromatic N) is 2. The highest BCUT2D eigenvalue weighted by Gasteiger charge is 2.19. The summed E-state index contributed by atoms with van der Waals surface area (Å²) in [6, 6.07) is 0. The van der Waals surface area contributed by atoms with E-state index in [0.29, 0.717) is 0 Å². The number of hydrazone groups is 1. The van der Waals surface area contributed by atoms with Crippen molar-refractivity contribution in [2.24, 2.45) is 10.5 Å². The van der Waals surface area contributed by atoms with Crippen LogP contribution in [0.4, 0.5) is 0 Å². The SMILES string of the molecule is CN1C=CCC(C(C)(C)C)=N1. The van der Waals surface area contributed by atoms with Crippen molar-refractivity contribution in [3.8, 4) is 0 Å². The van der Waals surface area contributed by atoms with Crippen molar-refractivity contribution >= 4 is 5.71 Å². The maximum absolute atomic E-state index is 4.42. The lowest BCUT2D eigenvalue weighted by molar-refractivity contribution is 0.456. The fourth-order valence-electron chi connectivity index (χ4n) is 1.04. The van der Waals surface area contributed by atoms with Crippen LogP contribution in [0.2, 0.25) is 0 Å². The second kappa shape index (κ2) is 2.68. The molecule has 0 atom stereocenters. The van der Waals surface area contributed by atoms with Crippen molar-refractivity contribution in [2.75, 3.05) is 7.05 Å². The summed E-state index contributed by atoms with van der Waals surface area (Å²) in [6.45, 7) is 6.58. The quantitative estimate of drug-likeness (QED) is 0.519. The van der Waals surface area contributed by atoms with Crippen molar-refractivity contribution in [1.29, 1.82) is 0 Å². The van der Waals surface area contributed by atoms with Crippen LogP contribution in [0.25, 0.3) is 0 Å². The molecule has 0 bridgehead atoms. The fraction of sp³-hybridized carbons (Fsp3) is 0.667. The van der Waals surface area contributed by atoms with Crippen molar-refractivity contribution in [2.45, 2.75) is 27.2 Å². The van der Waals surface area contributed by atoms with Gasteiger partial charge in [-0.15, -0.1) is 0 Å². The summed E-state index contributed by atoms with van der Waals surface area (Å²) in [4.78, 5) is 0. The molecule has 0 aromatic heterocycles. The van der Waals surface area contributed by atoms with E-state index >= 15 is 0 Å². The second-order valence-electron chi connectivity index (χ2n) is 3.96. The molecular weight excluding hydrogens is 136 g/mol. The first kappa shape index (κ1) is 8.31. The highest BCUT2D eigenvalue weighted by Crippen LogP contribution is 2.21. The Balaban J connectivity index is 2.75. The van der Waals surface area contributed by atoms with Crippen molar-refractivity contribution in [3.63, 3.8) is 0 Å². The Morgan fingerprint density at radius 3 is 2.45 bits per heavy atom. The zero-order valence-corrected chi connectivity index (χ0v) is 7.76. The first-order valence-corrected chi connectivity index (χ1v) is 3.97. The Bertz CT molecular complexity index is 196.